The van der Waals surface area contributed by atoms with Crippen molar-refractivity contribution in [3.8, 4) is 0 Å². The molecule has 3 heteroatoms. The molecular weight excluding hydrogens is 265 g/mol. The van der Waals surface area contributed by atoms with Gasteiger partial charge in [0.05, 0.1) is 18.2 Å². The van der Waals surface area contributed by atoms with Gasteiger partial charge in [0.1, 0.15) is 5.82 Å². The van der Waals surface area contributed by atoms with Crippen LogP contribution in [0.2, 0.25) is 0 Å². The summed E-state index contributed by atoms with van der Waals surface area (Å²) in [6.45, 7) is 6.26. The van der Waals surface area contributed by atoms with E-state index in [4.69, 9.17) is 4.74 Å². The third-order valence-electron chi connectivity index (χ3n) is 4.31. The molecule has 2 atom stereocenters. The zero-order valence-corrected chi connectivity index (χ0v) is 12.0. The minimum absolute atomic E-state index is 0.0921. The maximum absolute atomic E-state index is 13.4. The maximum Gasteiger partial charge on any atom is 0.123 e. The molecule has 1 aliphatic heterocycles. The fourth-order valence-corrected chi connectivity index (χ4v) is 3.08. The average Bonchev–Trinajstić information content (AvgIpc) is 2.55. The number of halogens is 1. The molecule has 3 rings (SSSR count). The van der Waals surface area contributed by atoms with E-state index in [-0.39, 0.29) is 17.5 Å². The maximum atomic E-state index is 13.4. The number of allylic oxidation sites excluding steroid dienone is 2. The topological polar surface area (TPSA) is 12.5 Å². The predicted octanol–water partition coefficient (Wildman–Crippen LogP) is 3.64. The lowest BCUT2D eigenvalue weighted by molar-refractivity contribution is -0.0512. The number of nitrogens with zero attached hydrogens (tertiary/aromatic N) is 1. The van der Waals surface area contributed by atoms with Crippen molar-refractivity contribution in [2.24, 2.45) is 0 Å². The van der Waals surface area contributed by atoms with Crippen molar-refractivity contribution in [3.63, 3.8) is 0 Å². The van der Waals surface area contributed by atoms with Crippen LogP contribution in [0.1, 0.15) is 18.1 Å². The summed E-state index contributed by atoms with van der Waals surface area (Å²) >= 11 is 0. The molecule has 1 aromatic carbocycles. The van der Waals surface area contributed by atoms with E-state index in [0.717, 1.165) is 25.1 Å². The number of hydrogen-bond acceptors (Lipinski definition) is 2. The quantitative estimate of drug-likeness (QED) is 0.786. The summed E-state index contributed by atoms with van der Waals surface area (Å²) in [4.78, 5) is 2.37. The van der Waals surface area contributed by atoms with Crippen LogP contribution < -0.4 is 0 Å². The number of rotatable bonds is 3. The molecule has 1 heterocycles. The molecule has 1 aliphatic carbocycles. The molecule has 0 N–H and O–H groups in total. The molecule has 0 amide bonds. The molecule has 1 aromatic rings. The number of hydrogen-bond donors (Lipinski definition) is 0. The monoisotopic (exact) mass is 285 g/mol. The Morgan fingerprint density at radius 1 is 1.38 bits per heavy atom. The highest BCUT2D eigenvalue weighted by Gasteiger charge is 2.35. The summed E-state index contributed by atoms with van der Waals surface area (Å²) in [6, 6.07) is 6.68. The van der Waals surface area contributed by atoms with Crippen LogP contribution in [-0.2, 0) is 4.74 Å². The fourth-order valence-electron chi connectivity index (χ4n) is 3.08. The van der Waals surface area contributed by atoms with Gasteiger partial charge in [-0.1, -0.05) is 42.5 Å². The van der Waals surface area contributed by atoms with E-state index in [1.165, 1.54) is 6.07 Å². The second kappa shape index (κ2) is 5.96. The first-order chi connectivity index (χ1) is 10.2. The van der Waals surface area contributed by atoms with Gasteiger partial charge in [0.2, 0.25) is 0 Å². The lowest BCUT2D eigenvalue weighted by Gasteiger charge is -2.44. The van der Waals surface area contributed by atoms with Crippen molar-refractivity contribution in [1.29, 1.82) is 0 Å². The lowest BCUT2D eigenvalue weighted by Crippen LogP contribution is -2.52. The van der Waals surface area contributed by atoms with Crippen LogP contribution in [0.15, 0.2) is 61.2 Å². The Bertz CT molecular complexity index is 580. The molecule has 0 radical (unpaired) electrons. The molecule has 2 nitrogen and oxygen atoms in total. The van der Waals surface area contributed by atoms with Gasteiger partial charge in [-0.2, -0.15) is 0 Å². The summed E-state index contributed by atoms with van der Waals surface area (Å²) in [5, 5.41) is 0. The van der Waals surface area contributed by atoms with E-state index >= 15 is 0 Å². The number of ether oxygens (including phenoxy) is 1. The molecule has 0 aromatic heterocycles. The van der Waals surface area contributed by atoms with Crippen molar-refractivity contribution in [2.75, 3.05) is 19.7 Å². The van der Waals surface area contributed by atoms with Gasteiger partial charge in [0.15, 0.2) is 0 Å². The predicted molar refractivity (Wildman–Crippen MR) is 82.5 cm³/mol. The Labute approximate surface area is 125 Å². The minimum atomic E-state index is -0.216. The van der Waals surface area contributed by atoms with Crippen LogP contribution >= 0.6 is 0 Å². The Morgan fingerprint density at radius 3 is 3.00 bits per heavy atom. The summed E-state index contributed by atoms with van der Waals surface area (Å²) in [6.07, 6.45) is 11.3. The van der Waals surface area contributed by atoms with Crippen molar-refractivity contribution in [3.05, 3.63) is 72.6 Å². The molecule has 0 saturated carbocycles. The van der Waals surface area contributed by atoms with Gasteiger partial charge >= 0.3 is 0 Å². The highest BCUT2D eigenvalue weighted by molar-refractivity contribution is 5.28. The fraction of sp³-hybridized carbons (Fsp3) is 0.333. The molecule has 0 unspecified atom stereocenters. The zero-order chi connectivity index (χ0) is 14.7. The largest absolute Gasteiger partial charge is 0.371 e. The van der Waals surface area contributed by atoms with Gasteiger partial charge in [-0.3, -0.25) is 4.90 Å². The smallest absolute Gasteiger partial charge is 0.123 e. The molecule has 0 bridgehead atoms. The van der Waals surface area contributed by atoms with Crippen LogP contribution in [0.25, 0.3) is 0 Å². The third kappa shape index (κ3) is 2.85. The van der Waals surface area contributed by atoms with E-state index in [9.17, 15) is 4.39 Å². The third-order valence-corrected chi connectivity index (χ3v) is 4.31. The first-order valence-corrected chi connectivity index (χ1v) is 7.34. The van der Waals surface area contributed by atoms with E-state index in [1.54, 1.807) is 12.1 Å². The Kier molecular flexibility index (Phi) is 4.04. The highest BCUT2D eigenvalue weighted by Crippen LogP contribution is 2.32. The van der Waals surface area contributed by atoms with Gasteiger partial charge in [-0.15, -0.1) is 6.58 Å². The Hall–Kier alpha value is -1.71. The molecule has 2 aliphatic rings. The summed E-state index contributed by atoms with van der Waals surface area (Å²) in [5.41, 5.74) is 0.749. The highest BCUT2D eigenvalue weighted by atomic mass is 19.1. The Balaban J connectivity index is 1.81. The van der Waals surface area contributed by atoms with Gasteiger partial charge in [-0.25, -0.2) is 4.39 Å². The molecule has 1 saturated heterocycles. The van der Waals surface area contributed by atoms with Crippen LogP contribution in [0, 0.1) is 5.82 Å². The number of morpholine rings is 1. The van der Waals surface area contributed by atoms with E-state index < -0.39 is 0 Å². The van der Waals surface area contributed by atoms with Crippen molar-refractivity contribution >= 4 is 0 Å². The van der Waals surface area contributed by atoms with Crippen molar-refractivity contribution in [2.45, 2.75) is 18.1 Å². The second-order valence-electron chi connectivity index (χ2n) is 5.55. The SMILES string of the molecule is C=C[C@]1(N2CCO[C@H](c3cccc(F)c3)C2)C=CC=CC1. The van der Waals surface area contributed by atoms with Gasteiger partial charge < -0.3 is 4.74 Å². The Morgan fingerprint density at radius 2 is 2.29 bits per heavy atom. The summed E-state index contributed by atoms with van der Waals surface area (Å²) in [7, 11) is 0. The standard InChI is InChI=1S/C18H20FNO/c1-2-18(9-4-3-5-10-18)20-11-12-21-17(14-20)15-7-6-8-16(19)13-15/h2-9,13,17H,1,10-12,14H2/t17-,18-/m0/s1. The summed E-state index contributed by atoms with van der Waals surface area (Å²) < 4.78 is 19.3. The molecular formula is C18H20FNO. The second-order valence-corrected chi connectivity index (χ2v) is 5.55. The summed E-state index contributed by atoms with van der Waals surface area (Å²) in [5.74, 6) is -0.216. The van der Waals surface area contributed by atoms with Crippen LogP contribution in [0.4, 0.5) is 4.39 Å². The van der Waals surface area contributed by atoms with E-state index in [1.807, 2.05) is 12.1 Å². The molecule has 110 valence electrons. The van der Waals surface area contributed by atoms with Gasteiger partial charge in [0, 0.05) is 13.1 Å². The van der Waals surface area contributed by atoms with Gasteiger partial charge in [-0.05, 0) is 24.1 Å². The molecule has 0 spiro atoms. The average molecular weight is 285 g/mol. The van der Waals surface area contributed by atoms with Crippen LogP contribution in [-0.4, -0.2) is 30.1 Å². The van der Waals surface area contributed by atoms with Crippen LogP contribution in [0.5, 0.6) is 0 Å². The molecule has 1 fully saturated rings. The van der Waals surface area contributed by atoms with E-state index in [0.29, 0.717) is 6.61 Å². The zero-order valence-electron chi connectivity index (χ0n) is 12.0. The normalized spacial score (nSPS) is 29.5. The van der Waals surface area contributed by atoms with Crippen molar-refractivity contribution in [1.82, 2.24) is 4.90 Å². The number of benzene rings is 1. The van der Waals surface area contributed by atoms with Crippen molar-refractivity contribution < 1.29 is 9.13 Å². The lowest BCUT2D eigenvalue weighted by atomic mass is 9.88. The first-order valence-electron chi connectivity index (χ1n) is 7.34. The van der Waals surface area contributed by atoms with Gasteiger partial charge in [0.25, 0.3) is 0 Å². The minimum Gasteiger partial charge on any atom is -0.371 e. The van der Waals surface area contributed by atoms with E-state index in [2.05, 4.69) is 35.8 Å². The van der Waals surface area contributed by atoms with Crippen LogP contribution in [0.3, 0.4) is 0 Å². The first kappa shape index (κ1) is 14.2. The molecule has 21 heavy (non-hydrogen) atoms.